The molecule has 2 aromatic rings. The van der Waals surface area contributed by atoms with Crippen molar-refractivity contribution in [3.63, 3.8) is 0 Å². The summed E-state index contributed by atoms with van der Waals surface area (Å²) < 4.78 is 0. The first-order valence-corrected chi connectivity index (χ1v) is 10.8. The second-order valence-corrected chi connectivity index (χ2v) is 11.2. The van der Waals surface area contributed by atoms with Gasteiger partial charge in [0.2, 0.25) is 0 Å². The minimum Gasteiger partial charge on any atom is -0.364 e. The third-order valence-corrected chi connectivity index (χ3v) is 9.24. The van der Waals surface area contributed by atoms with Crippen molar-refractivity contribution >= 4 is 28.4 Å². The number of hydrogen-bond donors (Lipinski definition) is 2. The molecule has 2 aromatic carbocycles. The van der Waals surface area contributed by atoms with E-state index in [9.17, 15) is 4.89 Å². The van der Waals surface area contributed by atoms with Crippen LogP contribution in [0.4, 0.5) is 0 Å². The van der Waals surface area contributed by atoms with Crippen LogP contribution in [0.5, 0.6) is 0 Å². The van der Waals surface area contributed by atoms with Crippen LogP contribution in [0.3, 0.4) is 0 Å². The number of thiol groups is 1. The Hall–Kier alpha value is 0.218. The van der Waals surface area contributed by atoms with Gasteiger partial charge in [-0.3, -0.25) is 0 Å². The third-order valence-electron chi connectivity index (χ3n) is 2.63. The van der Waals surface area contributed by atoms with E-state index >= 15 is 0 Å². The minimum absolute atomic E-state index is 0. The van der Waals surface area contributed by atoms with Gasteiger partial charge in [-0.15, -0.1) is 12.2 Å². The van der Waals surface area contributed by atoms with E-state index in [0.717, 1.165) is 11.5 Å². The van der Waals surface area contributed by atoms with Crippen LogP contribution in [-0.2, 0) is 42.6 Å². The molecule has 5 heteroatoms. The minimum atomic E-state index is -1.55. The summed E-state index contributed by atoms with van der Waals surface area (Å²) >= 11 is 4.32. The SMILES string of the molecule is O[PH](S)=S(Cc1ccccc1)Cc1ccccc1.[Mo]. The Kier molecular flexibility index (Phi) is 8.37. The molecule has 1 nitrogen and oxygen atoms in total. The molecule has 0 heterocycles. The van der Waals surface area contributed by atoms with Crippen molar-refractivity contribution in [3.05, 3.63) is 71.8 Å². The van der Waals surface area contributed by atoms with Crippen LogP contribution in [0.1, 0.15) is 11.1 Å². The van der Waals surface area contributed by atoms with Gasteiger partial charge in [-0.1, -0.05) is 60.7 Å². The molecule has 19 heavy (non-hydrogen) atoms. The van der Waals surface area contributed by atoms with E-state index in [2.05, 4.69) is 36.5 Å². The van der Waals surface area contributed by atoms with Crippen LogP contribution < -0.4 is 0 Å². The van der Waals surface area contributed by atoms with E-state index in [1.165, 1.54) is 11.1 Å². The molecule has 102 valence electrons. The molecule has 0 aliphatic rings. The molecule has 1 atom stereocenters. The molecule has 0 aliphatic heterocycles. The van der Waals surface area contributed by atoms with Crippen molar-refractivity contribution in [2.75, 3.05) is 0 Å². The van der Waals surface area contributed by atoms with Gasteiger partial charge < -0.3 is 4.89 Å². The fraction of sp³-hybridized carbons (Fsp3) is 0.143. The molecule has 0 aliphatic carbocycles. The predicted molar refractivity (Wildman–Crippen MR) is 87.2 cm³/mol. The third kappa shape index (κ3) is 6.02. The Morgan fingerprint density at radius 3 is 1.53 bits per heavy atom. The van der Waals surface area contributed by atoms with Crippen LogP contribution in [0.25, 0.3) is 0 Å². The largest absolute Gasteiger partial charge is 0.364 e. The van der Waals surface area contributed by atoms with Gasteiger partial charge >= 0.3 is 0 Å². The van der Waals surface area contributed by atoms with Gasteiger partial charge in [0.15, 0.2) is 0 Å². The summed E-state index contributed by atoms with van der Waals surface area (Å²) in [5.41, 5.74) is 2.56. The summed E-state index contributed by atoms with van der Waals surface area (Å²) in [5, 5.41) is 0. The van der Waals surface area contributed by atoms with Gasteiger partial charge in [-0.25, -0.2) is 0 Å². The monoisotopic (exact) mass is 394 g/mol. The zero-order valence-corrected chi connectivity index (χ0v) is 15.1. The van der Waals surface area contributed by atoms with Crippen molar-refractivity contribution in [1.29, 1.82) is 0 Å². The van der Waals surface area contributed by atoms with E-state index < -0.39 is 6.13 Å². The molecule has 0 bridgehead atoms. The number of rotatable bonds is 4. The summed E-state index contributed by atoms with van der Waals surface area (Å²) in [6.07, 6.45) is -1.55. The van der Waals surface area contributed by atoms with Crippen LogP contribution >= 0.6 is 18.4 Å². The Balaban J connectivity index is 0.00000180. The standard InChI is InChI=1S/C14H17OPS2.Mo/c15-16(17)18(11-13-7-3-1-4-8-13)12-14-9-5-2-6-10-14;/h1-10,15-17H,11-12H2;. The molecule has 0 saturated carbocycles. The average Bonchev–Trinajstić information content (AvgIpc) is 2.40. The normalized spacial score (nSPS) is 11.9. The first-order valence-electron chi connectivity index (χ1n) is 5.76. The molecule has 0 spiro atoms. The van der Waals surface area contributed by atoms with Gasteiger partial charge in [0, 0.05) is 32.6 Å². The van der Waals surface area contributed by atoms with E-state index in [4.69, 9.17) is 0 Å². The number of benzene rings is 2. The Morgan fingerprint density at radius 2 is 1.21 bits per heavy atom. The molecule has 0 saturated heterocycles. The smallest absolute Gasteiger partial charge is 0.0637 e. The number of hydrogen-bond acceptors (Lipinski definition) is 0. The van der Waals surface area contributed by atoms with Crippen molar-refractivity contribution in [2.24, 2.45) is 0 Å². The van der Waals surface area contributed by atoms with Gasteiger partial charge in [0.25, 0.3) is 0 Å². The summed E-state index contributed by atoms with van der Waals surface area (Å²) in [5.74, 6) is 1.84. The quantitative estimate of drug-likeness (QED) is 0.460. The van der Waals surface area contributed by atoms with Crippen molar-refractivity contribution < 1.29 is 26.0 Å². The van der Waals surface area contributed by atoms with Crippen LogP contribution in [0.15, 0.2) is 60.7 Å². The van der Waals surface area contributed by atoms with Crippen molar-refractivity contribution in [1.82, 2.24) is 0 Å². The van der Waals surface area contributed by atoms with Crippen molar-refractivity contribution in [2.45, 2.75) is 11.5 Å². The molecular weight excluding hydrogens is 375 g/mol. The first-order chi connectivity index (χ1) is 8.75. The van der Waals surface area contributed by atoms with E-state index in [1.807, 2.05) is 36.4 Å². The fourth-order valence-electron chi connectivity index (χ4n) is 1.73. The summed E-state index contributed by atoms with van der Waals surface area (Å²) in [6.45, 7) is 0. The zero-order valence-electron chi connectivity index (χ0n) is 10.4. The molecule has 1 N–H and O–H groups in total. The maximum atomic E-state index is 9.91. The van der Waals surface area contributed by atoms with Crippen LogP contribution in [0.2, 0.25) is 0 Å². The summed E-state index contributed by atoms with van der Waals surface area (Å²) in [6, 6.07) is 20.7. The predicted octanol–water partition coefficient (Wildman–Crippen LogP) is 3.88. The Labute approximate surface area is 137 Å². The van der Waals surface area contributed by atoms with Crippen LogP contribution in [0, 0.1) is 0 Å². The maximum absolute atomic E-state index is 9.91. The summed E-state index contributed by atoms with van der Waals surface area (Å²) in [7, 11) is -0.0565. The van der Waals surface area contributed by atoms with E-state index in [1.54, 1.807) is 0 Å². The molecule has 2 rings (SSSR count). The summed E-state index contributed by atoms with van der Waals surface area (Å²) in [4.78, 5) is 9.91. The first kappa shape index (κ1) is 17.3. The molecule has 0 radical (unpaired) electrons. The molecule has 0 amide bonds. The molecule has 0 fully saturated rings. The van der Waals surface area contributed by atoms with E-state index in [0.29, 0.717) is 0 Å². The molecular formula is C14H17MoOPS2. The second kappa shape index (κ2) is 9.21. The second-order valence-electron chi connectivity index (χ2n) is 4.04. The Morgan fingerprint density at radius 1 is 0.842 bits per heavy atom. The fourth-order valence-corrected chi connectivity index (χ4v) is 6.22. The van der Waals surface area contributed by atoms with Gasteiger partial charge in [-0.2, -0.15) is 10.1 Å². The maximum Gasteiger partial charge on any atom is 0.0637 e. The Bertz CT molecular complexity index is 484. The van der Waals surface area contributed by atoms with E-state index in [-0.39, 0.29) is 31.1 Å². The van der Waals surface area contributed by atoms with Crippen molar-refractivity contribution in [3.8, 4) is 0 Å². The zero-order chi connectivity index (χ0) is 12.8. The molecule has 1 unspecified atom stereocenters. The van der Waals surface area contributed by atoms with Crippen LogP contribution in [-0.4, -0.2) is 4.89 Å². The van der Waals surface area contributed by atoms with Gasteiger partial charge in [0.05, 0.1) is 6.13 Å². The van der Waals surface area contributed by atoms with Gasteiger partial charge in [0.1, 0.15) is 0 Å². The average molecular weight is 392 g/mol. The van der Waals surface area contributed by atoms with Gasteiger partial charge in [-0.05, 0) is 11.1 Å². The topological polar surface area (TPSA) is 20.2 Å². The molecule has 0 aromatic heterocycles.